The molecule has 0 atom stereocenters. The van der Waals surface area contributed by atoms with Crippen LogP contribution in [0, 0.1) is 10.1 Å². The van der Waals surface area contributed by atoms with E-state index in [1.165, 1.54) is 6.07 Å². The average molecular weight is 206 g/mol. The summed E-state index contributed by atoms with van der Waals surface area (Å²) in [5.74, 6) is 0. The zero-order chi connectivity index (χ0) is 10.9. The van der Waals surface area contributed by atoms with Gasteiger partial charge < -0.3 is 5.73 Å². The summed E-state index contributed by atoms with van der Waals surface area (Å²) >= 11 is 0. The Balaban J connectivity index is 2.01. The monoisotopic (exact) mass is 206 g/mol. The third kappa shape index (κ3) is 2.53. The first-order valence-corrected chi connectivity index (χ1v) is 5.11. The van der Waals surface area contributed by atoms with Crippen LogP contribution in [0.2, 0.25) is 0 Å². The summed E-state index contributed by atoms with van der Waals surface area (Å²) in [6.45, 7) is 0. The van der Waals surface area contributed by atoms with Gasteiger partial charge in [0.2, 0.25) is 0 Å². The zero-order valence-corrected chi connectivity index (χ0v) is 8.48. The quantitative estimate of drug-likeness (QED) is 0.605. The van der Waals surface area contributed by atoms with Crippen LogP contribution in [0.25, 0.3) is 0 Å². The van der Waals surface area contributed by atoms with Crippen LogP contribution >= 0.6 is 0 Å². The van der Waals surface area contributed by atoms with Gasteiger partial charge in [-0.25, -0.2) is 0 Å². The van der Waals surface area contributed by atoms with Crippen molar-refractivity contribution in [3.05, 3.63) is 39.9 Å². The molecule has 0 spiro atoms. The first-order chi connectivity index (χ1) is 7.09. The predicted molar refractivity (Wildman–Crippen MR) is 57.6 cm³/mol. The van der Waals surface area contributed by atoms with Gasteiger partial charge in [-0.3, -0.25) is 10.1 Å². The van der Waals surface area contributed by atoms with Crippen LogP contribution in [0.3, 0.4) is 0 Å². The highest BCUT2D eigenvalue weighted by molar-refractivity contribution is 5.34. The summed E-state index contributed by atoms with van der Waals surface area (Å²) in [4.78, 5) is 10.2. The lowest BCUT2D eigenvalue weighted by Gasteiger charge is -2.07. The molecule has 15 heavy (non-hydrogen) atoms. The van der Waals surface area contributed by atoms with Gasteiger partial charge in [-0.05, 0) is 31.2 Å². The maximum atomic E-state index is 10.5. The van der Waals surface area contributed by atoms with Gasteiger partial charge in [0.25, 0.3) is 5.69 Å². The van der Waals surface area contributed by atoms with Gasteiger partial charge in [-0.2, -0.15) is 0 Å². The third-order valence-electron chi connectivity index (χ3n) is 2.93. The number of nitro benzene ring substituents is 1. The molecule has 2 N–H and O–H groups in total. The first-order valence-electron chi connectivity index (χ1n) is 5.11. The average Bonchev–Trinajstić information content (AvgIpc) is 2.95. The molecule has 1 aromatic carbocycles. The number of non-ortho nitro benzene ring substituents is 1. The summed E-state index contributed by atoms with van der Waals surface area (Å²) in [5.41, 5.74) is 7.14. The summed E-state index contributed by atoms with van der Waals surface area (Å²) < 4.78 is 0. The van der Waals surface area contributed by atoms with Crippen LogP contribution in [-0.4, -0.2) is 10.5 Å². The van der Waals surface area contributed by atoms with E-state index in [1.807, 2.05) is 6.07 Å². The highest BCUT2D eigenvalue weighted by Gasteiger charge is 2.37. The normalized spacial score (nSPS) is 17.4. The minimum Gasteiger partial charge on any atom is -0.325 e. The molecule has 2 rings (SSSR count). The molecule has 0 heterocycles. The molecule has 1 saturated carbocycles. The van der Waals surface area contributed by atoms with Crippen LogP contribution in [0.15, 0.2) is 24.3 Å². The van der Waals surface area contributed by atoms with E-state index in [2.05, 4.69) is 0 Å². The lowest BCUT2D eigenvalue weighted by Crippen LogP contribution is -2.22. The molecular formula is C11H14N2O2. The second-order valence-electron chi connectivity index (χ2n) is 4.29. The number of hydrogen-bond donors (Lipinski definition) is 1. The van der Waals surface area contributed by atoms with Crippen LogP contribution in [0.5, 0.6) is 0 Å². The number of rotatable bonds is 4. The summed E-state index contributed by atoms with van der Waals surface area (Å²) in [6, 6.07) is 6.78. The molecule has 4 nitrogen and oxygen atoms in total. The standard InChI is InChI=1S/C11H14N2O2/c12-11(6-7-11)5-4-9-2-1-3-10(8-9)13(14)15/h1-3,8H,4-7,12H2. The van der Waals surface area contributed by atoms with Gasteiger partial charge in [0.05, 0.1) is 4.92 Å². The van der Waals surface area contributed by atoms with Crippen LogP contribution in [0.1, 0.15) is 24.8 Å². The third-order valence-corrected chi connectivity index (χ3v) is 2.93. The Morgan fingerprint density at radius 3 is 2.80 bits per heavy atom. The van der Waals surface area contributed by atoms with Crippen molar-refractivity contribution in [2.45, 2.75) is 31.2 Å². The molecule has 80 valence electrons. The summed E-state index contributed by atoms with van der Waals surface area (Å²) in [5, 5.41) is 10.5. The fourth-order valence-corrected chi connectivity index (χ4v) is 1.63. The van der Waals surface area contributed by atoms with E-state index >= 15 is 0 Å². The Kier molecular flexibility index (Phi) is 2.44. The maximum absolute atomic E-state index is 10.5. The van der Waals surface area contributed by atoms with Gasteiger partial charge in [0.1, 0.15) is 0 Å². The Morgan fingerprint density at radius 2 is 2.20 bits per heavy atom. The molecule has 0 bridgehead atoms. The number of aryl methyl sites for hydroxylation is 1. The molecule has 1 aromatic rings. The Hall–Kier alpha value is -1.42. The van der Waals surface area contributed by atoms with Crippen molar-refractivity contribution >= 4 is 5.69 Å². The van der Waals surface area contributed by atoms with Crippen molar-refractivity contribution < 1.29 is 4.92 Å². The molecule has 0 unspecified atom stereocenters. The van der Waals surface area contributed by atoms with Crippen molar-refractivity contribution in [1.82, 2.24) is 0 Å². The zero-order valence-electron chi connectivity index (χ0n) is 8.48. The van der Waals surface area contributed by atoms with Crippen molar-refractivity contribution in [2.75, 3.05) is 0 Å². The smallest absolute Gasteiger partial charge is 0.269 e. The molecule has 1 aliphatic carbocycles. The predicted octanol–water partition coefficient (Wildman–Crippen LogP) is 2.02. The molecule has 0 aromatic heterocycles. The largest absolute Gasteiger partial charge is 0.325 e. The van der Waals surface area contributed by atoms with E-state index in [4.69, 9.17) is 5.73 Å². The molecule has 1 aliphatic rings. The summed E-state index contributed by atoms with van der Waals surface area (Å²) in [6.07, 6.45) is 3.93. The number of nitro groups is 1. The van der Waals surface area contributed by atoms with E-state index in [0.717, 1.165) is 31.2 Å². The molecule has 1 fully saturated rings. The lowest BCUT2D eigenvalue weighted by molar-refractivity contribution is -0.384. The second kappa shape index (κ2) is 3.62. The molecule has 0 saturated heterocycles. The van der Waals surface area contributed by atoms with Gasteiger partial charge in [0, 0.05) is 17.7 Å². The van der Waals surface area contributed by atoms with Crippen molar-refractivity contribution in [2.24, 2.45) is 5.73 Å². The number of nitrogens with zero attached hydrogens (tertiary/aromatic N) is 1. The molecule has 4 heteroatoms. The molecular weight excluding hydrogens is 192 g/mol. The molecule has 0 aliphatic heterocycles. The van der Waals surface area contributed by atoms with Crippen LogP contribution in [0.4, 0.5) is 5.69 Å². The first kappa shape index (κ1) is 10.1. The number of benzene rings is 1. The lowest BCUT2D eigenvalue weighted by atomic mass is 10.0. The van der Waals surface area contributed by atoms with E-state index in [9.17, 15) is 10.1 Å². The number of hydrogen-bond acceptors (Lipinski definition) is 3. The van der Waals surface area contributed by atoms with Crippen molar-refractivity contribution in [3.8, 4) is 0 Å². The van der Waals surface area contributed by atoms with E-state index in [1.54, 1.807) is 12.1 Å². The van der Waals surface area contributed by atoms with Crippen molar-refractivity contribution in [1.29, 1.82) is 0 Å². The van der Waals surface area contributed by atoms with Gasteiger partial charge in [-0.1, -0.05) is 12.1 Å². The fourth-order valence-electron chi connectivity index (χ4n) is 1.63. The van der Waals surface area contributed by atoms with Gasteiger partial charge in [0.15, 0.2) is 0 Å². The Morgan fingerprint density at radius 1 is 1.47 bits per heavy atom. The second-order valence-corrected chi connectivity index (χ2v) is 4.29. The minimum atomic E-state index is -0.362. The Labute approximate surface area is 88.2 Å². The van der Waals surface area contributed by atoms with Gasteiger partial charge in [-0.15, -0.1) is 0 Å². The highest BCUT2D eigenvalue weighted by Crippen LogP contribution is 2.36. The van der Waals surface area contributed by atoms with E-state index in [0.29, 0.717) is 0 Å². The highest BCUT2D eigenvalue weighted by atomic mass is 16.6. The van der Waals surface area contributed by atoms with E-state index < -0.39 is 0 Å². The Bertz CT molecular complexity index is 386. The van der Waals surface area contributed by atoms with Crippen LogP contribution < -0.4 is 5.73 Å². The van der Waals surface area contributed by atoms with E-state index in [-0.39, 0.29) is 16.1 Å². The molecule has 0 radical (unpaired) electrons. The topological polar surface area (TPSA) is 69.2 Å². The number of nitrogens with two attached hydrogens (primary N) is 1. The molecule has 0 amide bonds. The maximum Gasteiger partial charge on any atom is 0.269 e. The minimum absolute atomic E-state index is 0.0185. The SMILES string of the molecule is NC1(CCc2cccc([N+](=O)[O-])c2)CC1. The fraction of sp³-hybridized carbons (Fsp3) is 0.455. The van der Waals surface area contributed by atoms with Crippen molar-refractivity contribution in [3.63, 3.8) is 0 Å². The van der Waals surface area contributed by atoms with Gasteiger partial charge >= 0.3 is 0 Å². The summed E-state index contributed by atoms with van der Waals surface area (Å²) in [7, 11) is 0. The van der Waals surface area contributed by atoms with Crippen LogP contribution in [-0.2, 0) is 6.42 Å².